The predicted octanol–water partition coefficient (Wildman–Crippen LogP) is 3.56. The zero-order valence-electron chi connectivity index (χ0n) is 13.4. The lowest BCUT2D eigenvalue weighted by Crippen LogP contribution is -2.39. The molecule has 4 heteroatoms. The largest absolute Gasteiger partial charge is 0.495 e. The van der Waals surface area contributed by atoms with Crippen molar-refractivity contribution in [1.29, 1.82) is 0 Å². The van der Waals surface area contributed by atoms with Crippen LogP contribution < -0.4 is 10.1 Å². The van der Waals surface area contributed by atoms with Gasteiger partial charge in [0.2, 0.25) is 0 Å². The lowest BCUT2D eigenvalue weighted by molar-refractivity contribution is 0.162. The Kier molecular flexibility index (Phi) is 6.34. The Morgan fingerprint density at radius 1 is 1.33 bits per heavy atom. The second-order valence-corrected chi connectivity index (χ2v) is 6.59. The Balaban J connectivity index is 2.00. The molecular formula is C17H27ClN2O. The molecule has 0 spiro atoms. The second-order valence-electron chi connectivity index (χ2n) is 6.19. The molecule has 0 aliphatic carbocycles. The van der Waals surface area contributed by atoms with E-state index in [0.717, 1.165) is 31.3 Å². The monoisotopic (exact) mass is 310 g/mol. The topological polar surface area (TPSA) is 24.5 Å². The zero-order chi connectivity index (χ0) is 15.2. The summed E-state index contributed by atoms with van der Waals surface area (Å²) in [5.41, 5.74) is 1.25. The normalized spacial score (nSPS) is 16.7. The standard InChI is InChI=1S/C17H27ClN2O/c1-13(2)20(11-14-6-8-19-9-7-14)12-15-4-5-17(21-3)16(18)10-15/h4-5,10,13-14,19H,6-9,11-12H2,1-3H3. The van der Waals surface area contributed by atoms with Crippen molar-refractivity contribution in [2.24, 2.45) is 5.92 Å². The van der Waals surface area contributed by atoms with Gasteiger partial charge in [-0.05, 0) is 63.4 Å². The smallest absolute Gasteiger partial charge is 0.137 e. The van der Waals surface area contributed by atoms with Gasteiger partial charge in [-0.1, -0.05) is 17.7 Å². The molecule has 0 saturated carbocycles. The number of ether oxygens (including phenoxy) is 1. The van der Waals surface area contributed by atoms with Gasteiger partial charge in [0.1, 0.15) is 5.75 Å². The molecule has 3 nitrogen and oxygen atoms in total. The van der Waals surface area contributed by atoms with Crippen molar-refractivity contribution in [1.82, 2.24) is 10.2 Å². The van der Waals surface area contributed by atoms with Gasteiger partial charge in [-0.3, -0.25) is 4.90 Å². The maximum atomic E-state index is 6.23. The third-order valence-corrected chi connectivity index (χ3v) is 4.58. The molecular weight excluding hydrogens is 284 g/mol. The number of piperidine rings is 1. The number of nitrogens with one attached hydrogen (secondary N) is 1. The van der Waals surface area contributed by atoms with Gasteiger partial charge in [-0.15, -0.1) is 0 Å². The number of methoxy groups -OCH3 is 1. The van der Waals surface area contributed by atoms with Crippen LogP contribution in [0.4, 0.5) is 0 Å². The highest BCUT2D eigenvalue weighted by molar-refractivity contribution is 6.32. The molecule has 1 heterocycles. The summed E-state index contributed by atoms with van der Waals surface area (Å²) >= 11 is 6.23. The molecule has 1 aromatic rings. The van der Waals surface area contributed by atoms with Gasteiger partial charge in [0, 0.05) is 19.1 Å². The van der Waals surface area contributed by atoms with Crippen LogP contribution in [-0.2, 0) is 6.54 Å². The van der Waals surface area contributed by atoms with E-state index in [4.69, 9.17) is 16.3 Å². The quantitative estimate of drug-likeness (QED) is 0.869. The predicted molar refractivity (Wildman–Crippen MR) is 89.1 cm³/mol. The minimum atomic E-state index is 0.542. The Bertz CT molecular complexity index is 444. The fourth-order valence-corrected chi connectivity index (χ4v) is 3.18. The highest BCUT2D eigenvalue weighted by Gasteiger charge is 2.19. The summed E-state index contributed by atoms with van der Waals surface area (Å²) in [6.45, 7) is 8.97. The summed E-state index contributed by atoms with van der Waals surface area (Å²) in [4.78, 5) is 2.55. The molecule has 1 aliphatic heterocycles. The molecule has 0 atom stereocenters. The number of halogens is 1. The van der Waals surface area contributed by atoms with Crippen molar-refractivity contribution in [2.75, 3.05) is 26.7 Å². The fraction of sp³-hybridized carbons (Fsp3) is 0.647. The summed E-state index contributed by atoms with van der Waals surface area (Å²) in [6, 6.07) is 6.64. The van der Waals surface area contributed by atoms with Crippen molar-refractivity contribution < 1.29 is 4.74 Å². The van der Waals surface area contributed by atoms with Crippen LogP contribution >= 0.6 is 11.6 Å². The van der Waals surface area contributed by atoms with Crippen LogP contribution in [0.25, 0.3) is 0 Å². The lowest BCUT2D eigenvalue weighted by atomic mass is 9.96. The first-order valence-electron chi connectivity index (χ1n) is 7.87. The number of benzene rings is 1. The molecule has 1 fully saturated rings. The van der Waals surface area contributed by atoms with E-state index in [-0.39, 0.29) is 0 Å². The fourth-order valence-electron chi connectivity index (χ4n) is 2.90. The van der Waals surface area contributed by atoms with Crippen molar-refractivity contribution in [3.05, 3.63) is 28.8 Å². The highest BCUT2D eigenvalue weighted by Crippen LogP contribution is 2.26. The van der Waals surface area contributed by atoms with Crippen LogP contribution in [0.5, 0.6) is 5.75 Å². The van der Waals surface area contributed by atoms with Crippen molar-refractivity contribution in [3.63, 3.8) is 0 Å². The molecule has 1 saturated heterocycles. The summed E-state index contributed by atoms with van der Waals surface area (Å²) in [5, 5.41) is 4.13. The van der Waals surface area contributed by atoms with Gasteiger partial charge in [0.15, 0.2) is 0 Å². The third kappa shape index (κ3) is 4.87. The molecule has 0 aromatic heterocycles. The molecule has 0 bridgehead atoms. The Hall–Kier alpha value is -0.770. The SMILES string of the molecule is COc1ccc(CN(CC2CCNCC2)C(C)C)cc1Cl. The van der Waals surface area contributed by atoms with E-state index in [1.807, 2.05) is 12.1 Å². The van der Waals surface area contributed by atoms with Crippen LogP contribution in [0.15, 0.2) is 18.2 Å². The van der Waals surface area contributed by atoms with Gasteiger partial charge >= 0.3 is 0 Å². The number of hydrogen-bond donors (Lipinski definition) is 1. The van der Waals surface area contributed by atoms with Gasteiger partial charge in [0.25, 0.3) is 0 Å². The molecule has 0 unspecified atom stereocenters. The van der Waals surface area contributed by atoms with E-state index in [1.54, 1.807) is 7.11 Å². The Morgan fingerprint density at radius 3 is 2.62 bits per heavy atom. The molecule has 0 radical (unpaired) electrons. The molecule has 0 amide bonds. The Morgan fingerprint density at radius 2 is 2.05 bits per heavy atom. The number of rotatable bonds is 6. The summed E-state index contributed by atoms with van der Waals surface area (Å²) < 4.78 is 5.22. The molecule has 118 valence electrons. The maximum absolute atomic E-state index is 6.23. The highest BCUT2D eigenvalue weighted by atomic mass is 35.5. The van der Waals surface area contributed by atoms with E-state index in [9.17, 15) is 0 Å². The van der Waals surface area contributed by atoms with Crippen LogP contribution in [0, 0.1) is 5.92 Å². The van der Waals surface area contributed by atoms with Crippen molar-refractivity contribution in [2.45, 2.75) is 39.3 Å². The van der Waals surface area contributed by atoms with Crippen molar-refractivity contribution in [3.8, 4) is 5.75 Å². The van der Waals surface area contributed by atoms with Gasteiger partial charge in [-0.25, -0.2) is 0 Å². The lowest BCUT2D eigenvalue weighted by Gasteiger charge is -2.32. The van der Waals surface area contributed by atoms with E-state index in [0.29, 0.717) is 11.1 Å². The first-order chi connectivity index (χ1) is 10.1. The van der Waals surface area contributed by atoms with Gasteiger partial charge in [-0.2, -0.15) is 0 Å². The second kappa shape index (κ2) is 8.02. The van der Waals surface area contributed by atoms with E-state index in [2.05, 4.69) is 30.1 Å². The third-order valence-electron chi connectivity index (χ3n) is 4.28. The summed E-state index contributed by atoms with van der Waals surface area (Å²) in [5.74, 6) is 1.55. The molecule has 1 N–H and O–H groups in total. The molecule has 1 aromatic carbocycles. The van der Waals surface area contributed by atoms with Crippen LogP contribution in [0.3, 0.4) is 0 Å². The Labute approximate surface area is 133 Å². The molecule has 2 rings (SSSR count). The first-order valence-corrected chi connectivity index (χ1v) is 8.25. The average Bonchev–Trinajstić information content (AvgIpc) is 2.48. The van der Waals surface area contributed by atoms with Crippen LogP contribution in [0.1, 0.15) is 32.3 Å². The van der Waals surface area contributed by atoms with Gasteiger partial charge < -0.3 is 10.1 Å². The van der Waals surface area contributed by atoms with Crippen LogP contribution in [-0.4, -0.2) is 37.7 Å². The number of nitrogens with zero attached hydrogens (tertiary/aromatic N) is 1. The van der Waals surface area contributed by atoms with E-state index >= 15 is 0 Å². The first kappa shape index (κ1) is 16.6. The summed E-state index contributed by atoms with van der Waals surface area (Å²) in [7, 11) is 1.65. The minimum absolute atomic E-state index is 0.542. The zero-order valence-corrected chi connectivity index (χ0v) is 14.1. The minimum Gasteiger partial charge on any atom is -0.495 e. The van der Waals surface area contributed by atoms with Gasteiger partial charge in [0.05, 0.1) is 12.1 Å². The van der Waals surface area contributed by atoms with E-state index < -0.39 is 0 Å². The van der Waals surface area contributed by atoms with E-state index in [1.165, 1.54) is 24.9 Å². The average molecular weight is 311 g/mol. The number of hydrogen-bond acceptors (Lipinski definition) is 3. The molecule has 1 aliphatic rings. The summed E-state index contributed by atoms with van der Waals surface area (Å²) in [6.07, 6.45) is 2.57. The maximum Gasteiger partial charge on any atom is 0.137 e. The molecule has 21 heavy (non-hydrogen) atoms. The van der Waals surface area contributed by atoms with Crippen LogP contribution in [0.2, 0.25) is 5.02 Å². The van der Waals surface area contributed by atoms with Crippen molar-refractivity contribution >= 4 is 11.6 Å².